The van der Waals surface area contributed by atoms with Gasteiger partial charge in [0.15, 0.2) is 0 Å². The molecule has 2 unspecified atom stereocenters. The highest BCUT2D eigenvalue weighted by Gasteiger charge is 2.29. The molecular weight excluding hydrogens is 244 g/mol. The van der Waals surface area contributed by atoms with Gasteiger partial charge in [0, 0.05) is 6.54 Å². The first kappa shape index (κ1) is 13.8. The van der Waals surface area contributed by atoms with Crippen LogP contribution in [0.3, 0.4) is 0 Å². The van der Waals surface area contributed by atoms with Gasteiger partial charge in [-0.15, -0.1) is 0 Å². The molecule has 1 aliphatic heterocycles. The van der Waals surface area contributed by atoms with E-state index in [1.54, 1.807) is 0 Å². The van der Waals surface area contributed by atoms with E-state index in [9.17, 15) is 4.79 Å². The zero-order valence-corrected chi connectivity index (χ0v) is 10.9. The van der Waals surface area contributed by atoms with Crippen LogP contribution in [0.1, 0.15) is 12.8 Å². The molecule has 5 nitrogen and oxygen atoms in total. The van der Waals surface area contributed by atoms with Crippen molar-refractivity contribution in [1.82, 2.24) is 5.32 Å². The van der Waals surface area contributed by atoms with E-state index in [1.807, 2.05) is 30.3 Å². The number of nitrogens with two attached hydrogens (primary N) is 1. The Morgan fingerprint density at radius 1 is 1.37 bits per heavy atom. The van der Waals surface area contributed by atoms with E-state index in [0.717, 1.165) is 18.6 Å². The molecule has 104 valence electrons. The van der Waals surface area contributed by atoms with Gasteiger partial charge < -0.3 is 20.5 Å². The number of carbonyl (C=O) groups is 1. The minimum atomic E-state index is -0.356. The summed E-state index contributed by atoms with van der Waals surface area (Å²) in [5.41, 5.74) is 5.51. The van der Waals surface area contributed by atoms with E-state index in [0.29, 0.717) is 19.7 Å². The summed E-state index contributed by atoms with van der Waals surface area (Å²) in [4.78, 5) is 11.8. The van der Waals surface area contributed by atoms with Gasteiger partial charge in [-0.05, 0) is 25.0 Å². The monoisotopic (exact) mass is 264 g/mol. The molecule has 0 spiro atoms. The Hall–Kier alpha value is -1.59. The maximum Gasteiger partial charge on any atom is 0.249 e. The van der Waals surface area contributed by atoms with E-state index >= 15 is 0 Å². The molecule has 1 saturated heterocycles. The zero-order chi connectivity index (χ0) is 13.5. The molecule has 0 bridgehead atoms. The van der Waals surface area contributed by atoms with Crippen LogP contribution in [-0.2, 0) is 9.53 Å². The summed E-state index contributed by atoms with van der Waals surface area (Å²) in [7, 11) is 0. The quantitative estimate of drug-likeness (QED) is 0.741. The lowest BCUT2D eigenvalue weighted by atomic mass is 10.2. The maximum atomic E-state index is 11.8. The van der Waals surface area contributed by atoms with Crippen LogP contribution in [0.15, 0.2) is 30.3 Å². The van der Waals surface area contributed by atoms with Crippen molar-refractivity contribution in [2.75, 3.05) is 19.7 Å². The fourth-order valence-electron chi connectivity index (χ4n) is 2.05. The van der Waals surface area contributed by atoms with Gasteiger partial charge >= 0.3 is 0 Å². The van der Waals surface area contributed by atoms with Gasteiger partial charge in [-0.25, -0.2) is 0 Å². The lowest BCUT2D eigenvalue weighted by molar-refractivity contribution is -0.131. The highest BCUT2D eigenvalue weighted by atomic mass is 16.5. The summed E-state index contributed by atoms with van der Waals surface area (Å²) in [5.74, 6) is 0.727. The molecule has 1 heterocycles. The molecule has 2 atom stereocenters. The Kier molecular flexibility index (Phi) is 5.18. The molecule has 1 fully saturated rings. The number of hydrogen-bond acceptors (Lipinski definition) is 4. The number of hydrogen-bond donors (Lipinski definition) is 2. The summed E-state index contributed by atoms with van der Waals surface area (Å²) in [6.07, 6.45) is 1.27. The first-order chi connectivity index (χ1) is 9.29. The molecule has 1 aromatic rings. The molecule has 1 amide bonds. The van der Waals surface area contributed by atoms with Crippen molar-refractivity contribution in [2.45, 2.75) is 25.0 Å². The Labute approximate surface area is 113 Å². The third-order valence-electron chi connectivity index (χ3n) is 3.08. The van der Waals surface area contributed by atoms with Crippen LogP contribution >= 0.6 is 0 Å². The number of benzene rings is 1. The smallest absolute Gasteiger partial charge is 0.249 e. The SMILES string of the molecule is NCC1CCC(C(=O)NCCOc2ccccc2)O1. The topological polar surface area (TPSA) is 73.6 Å². The second-order valence-corrected chi connectivity index (χ2v) is 4.51. The second-order valence-electron chi connectivity index (χ2n) is 4.51. The van der Waals surface area contributed by atoms with E-state index in [-0.39, 0.29) is 18.1 Å². The van der Waals surface area contributed by atoms with Crippen molar-refractivity contribution < 1.29 is 14.3 Å². The molecule has 0 radical (unpaired) electrons. The number of nitrogens with one attached hydrogen (secondary N) is 1. The van der Waals surface area contributed by atoms with Gasteiger partial charge in [0.2, 0.25) is 5.91 Å². The highest BCUT2D eigenvalue weighted by molar-refractivity contribution is 5.80. The summed E-state index contributed by atoms with van der Waals surface area (Å²) in [6, 6.07) is 9.52. The molecular formula is C14H20N2O3. The van der Waals surface area contributed by atoms with Crippen LogP contribution in [0, 0.1) is 0 Å². The normalized spacial score (nSPS) is 22.2. The fraction of sp³-hybridized carbons (Fsp3) is 0.500. The predicted octanol–water partition coefficient (Wildman–Crippen LogP) is 0.688. The average molecular weight is 264 g/mol. The van der Waals surface area contributed by atoms with Crippen molar-refractivity contribution in [3.05, 3.63) is 30.3 Å². The van der Waals surface area contributed by atoms with Crippen molar-refractivity contribution >= 4 is 5.91 Å². The zero-order valence-electron chi connectivity index (χ0n) is 10.9. The van der Waals surface area contributed by atoms with Crippen LogP contribution in [0.2, 0.25) is 0 Å². The number of ether oxygens (including phenoxy) is 2. The predicted molar refractivity (Wildman–Crippen MR) is 71.9 cm³/mol. The van der Waals surface area contributed by atoms with Crippen LogP contribution in [0.5, 0.6) is 5.75 Å². The van der Waals surface area contributed by atoms with Gasteiger partial charge in [0.05, 0.1) is 12.6 Å². The Morgan fingerprint density at radius 2 is 2.16 bits per heavy atom. The van der Waals surface area contributed by atoms with E-state index in [4.69, 9.17) is 15.2 Å². The van der Waals surface area contributed by atoms with Gasteiger partial charge in [-0.3, -0.25) is 4.79 Å². The van der Waals surface area contributed by atoms with Gasteiger partial charge in [-0.2, -0.15) is 0 Å². The number of carbonyl (C=O) groups excluding carboxylic acids is 1. The van der Waals surface area contributed by atoms with Gasteiger partial charge in [0.1, 0.15) is 18.5 Å². The van der Waals surface area contributed by atoms with Crippen LogP contribution < -0.4 is 15.8 Å². The Morgan fingerprint density at radius 3 is 2.84 bits per heavy atom. The van der Waals surface area contributed by atoms with Crippen LogP contribution in [0.25, 0.3) is 0 Å². The van der Waals surface area contributed by atoms with Crippen molar-refractivity contribution in [1.29, 1.82) is 0 Å². The number of rotatable bonds is 6. The maximum absolute atomic E-state index is 11.8. The lowest BCUT2D eigenvalue weighted by Crippen LogP contribution is -2.37. The highest BCUT2D eigenvalue weighted by Crippen LogP contribution is 2.18. The van der Waals surface area contributed by atoms with Crippen LogP contribution in [0.4, 0.5) is 0 Å². The number of amides is 1. The summed E-state index contributed by atoms with van der Waals surface area (Å²) < 4.78 is 11.0. The van der Waals surface area contributed by atoms with E-state index in [1.165, 1.54) is 0 Å². The molecule has 0 aliphatic carbocycles. The van der Waals surface area contributed by atoms with E-state index in [2.05, 4.69) is 5.32 Å². The Bertz CT molecular complexity index is 397. The molecule has 1 aromatic carbocycles. The minimum absolute atomic E-state index is 0.0244. The fourth-order valence-corrected chi connectivity index (χ4v) is 2.05. The summed E-state index contributed by atoms with van der Waals surface area (Å²) >= 11 is 0. The van der Waals surface area contributed by atoms with Gasteiger partial charge in [-0.1, -0.05) is 18.2 Å². The van der Waals surface area contributed by atoms with Crippen molar-refractivity contribution in [3.8, 4) is 5.75 Å². The Balaban J connectivity index is 1.62. The summed E-state index contributed by atoms with van der Waals surface area (Å²) in [5, 5.41) is 2.81. The van der Waals surface area contributed by atoms with Crippen molar-refractivity contribution in [3.63, 3.8) is 0 Å². The third kappa shape index (κ3) is 4.22. The van der Waals surface area contributed by atoms with Crippen LogP contribution in [-0.4, -0.2) is 37.8 Å². The molecule has 0 saturated carbocycles. The van der Waals surface area contributed by atoms with Gasteiger partial charge in [0.25, 0.3) is 0 Å². The first-order valence-corrected chi connectivity index (χ1v) is 6.60. The molecule has 3 N–H and O–H groups in total. The molecule has 1 aliphatic rings. The third-order valence-corrected chi connectivity index (χ3v) is 3.08. The second kappa shape index (κ2) is 7.11. The average Bonchev–Trinajstić information content (AvgIpc) is 2.93. The molecule has 2 rings (SSSR count). The molecule has 0 aromatic heterocycles. The summed E-state index contributed by atoms with van der Waals surface area (Å²) in [6.45, 7) is 1.39. The first-order valence-electron chi connectivity index (χ1n) is 6.60. The van der Waals surface area contributed by atoms with E-state index < -0.39 is 0 Å². The lowest BCUT2D eigenvalue weighted by Gasteiger charge is -2.13. The largest absolute Gasteiger partial charge is 0.492 e. The standard InChI is InChI=1S/C14H20N2O3/c15-10-12-6-7-13(19-12)14(17)16-8-9-18-11-4-2-1-3-5-11/h1-5,12-13H,6-10,15H2,(H,16,17). The minimum Gasteiger partial charge on any atom is -0.492 e. The van der Waals surface area contributed by atoms with Crippen molar-refractivity contribution in [2.24, 2.45) is 5.73 Å². The molecule has 19 heavy (non-hydrogen) atoms. The number of para-hydroxylation sites is 1. The molecule has 5 heteroatoms.